The molecule has 3 rings (SSSR count). The van der Waals surface area contributed by atoms with E-state index in [0.29, 0.717) is 31.2 Å². The number of aromatic nitrogens is 1. The molecular formula is C23H31N3O2. The van der Waals surface area contributed by atoms with Crippen molar-refractivity contribution < 1.29 is 9.90 Å². The van der Waals surface area contributed by atoms with E-state index in [9.17, 15) is 9.90 Å². The fourth-order valence-electron chi connectivity index (χ4n) is 3.38. The standard InChI is InChI=1S/C23H31N3O2/c1-5-26(22(27)19-10-7-6-9-18(19)17-13-14-17)16-15-25(4)21-12-8-11-20(24-21)23(2,3)28/h6-12,17,28H,5,13-16H2,1-4H3. The van der Waals surface area contributed by atoms with Crippen molar-refractivity contribution in [1.82, 2.24) is 9.88 Å². The van der Waals surface area contributed by atoms with Gasteiger partial charge in [0.25, 0.3) is 5.91 Å². The second-order valence-corrected chi connectivity index (χ2v) is 8.11. The summed E-state index contributed by atoms with van der Waals surface area (Å²) in [5.74, 6) is 1.45. The average Bonchev–Trinajstić information content (AvgIpc) is 3.52. The Balaban J connectivity index is 1.68. The fourth-order valence-corrected chi connectivity index (χ4v) is 3.38. The number of hydrogen-bond donors (Lipinski definition) is 1. The van der Waals surface area contributed by atoms with E-state index < -0.39 is 5.60 Å². The van der Waals surface area contributed by atoms with Crippen molar-refractivity contribution >= 4 is 11.7 Å². The Morgan fingerprint density at radius 2 is 1.86 bits per heavy atom. The molecule has 2 aromatic rings. The molecule has 5 heteroatoms. The Bertz CT molecular complexity index is 825. The number of rotatable bonds is 8. The van der Waals surface area contributed by atoms with E-state index in [4.69, 9.17) is 0 Å². The highest BCUT2D eigenvalue weighted by atomic mass is 16.3. The number of hydrogen-bond acceptors (Lipinski definition) is 4. The van der Waals surface area contributed by atoms with Crippen LogP contribution in [-0.2, 0) is 5.60 Å². The topological polar surface area (TPSA) is 56.7 Å². The summed E-state index contributed by atoms with van der Waals surface area (Å²) in [6.45, 7) is 7.45. The summed E-state index contributed by atoms with van der Waals surface area (Å²) < 4.78 is 0. The summed E-state index contributed by atoms with van der Waals surface area (Å²) in [6.07, 6.45) is 2.37. The molecule has 1 fully saturated rings. The van der Waals surface area contributed by atoms with Crippen LogP contribution in [0.3, 0.4) is 0 Å². The van der Waals surface area contributed by atoms with E-state index in [1.165, 1.54) is 18.4 Å². The Morgan fingerprint density at radius 1 is 1.14 bits per heavy atom. The Hall–Kier alpha value is -2.40. The number of pyridine rings is 1. The first-order valence-electron chi connectivity index (χ1n) is 10.1. The van der Waals surface area contributed by atoms with Gasteiger partial charge in [0.05, 0.1) is 5.69 Å². The van der Waals surface area contributed by atoms with Crippen molar-refractivity contribution in [3.8, 4) is 0 Å². The molecule has 1 heterocycles. The normalized spacial score (nSPS) is 14.0. The molecule has 28 heavy (non-hydrogen) atoms. The number of aliphatic hydroxyl groups is 1. The van der Waals surface area contributed by atoms with Gasteiger partial charge in [0.1, 0.15) is 11.4 Å². The molecule has 5 nitrogen and oxygen atoms in total. The number of anilines is 1. The molecule has 1 aromatic heterocycles. The van der Waals surface area contributed by atoms with Gasteiger partial charge in [-0.1, -0.05) is 24.3 Å². The number of likely N-dealkylation sites (N-methyl/N-ethyl adjacent to an activating group) is 2. The van der Waals surface area contributed by atoms with Crippen LogP contribution in [0.2, 0.25) is 0 Å². The average molecular weight is 382 g/mol. The van der Waals surface area contributed by atoms with Gasteiger partial charge in [0.15, 0.2) is 0 Å². The van der Waals surface area contributed by atoms with Crippen LogP contribution in [0.5, 0.6) is 0 Å². The van der Waals surface area contributed by atoms with Crippen molar-refractivity contribution in [2.24, 2.45) is 0 Å². The maximum atomic E-state index is 13.1. The van der Waals surface area contributed by atoms with Crippen LogP contribution >= 0.6 is 0 Å². The highest BCUT2D eigenvalue weighted by molar-refractivity contribution is 5.96. The predicted molar refractivity (Wildman–Crippen MR) is 113 cm³/mol. The highest BCUT2D eigenvalue weighted by Crippen LogP contribution is 2.41. The monoisotopic (exact) mass is 381 g/mol. The van der Waals surface area contributed by atoms with E-state index in [-0.39, 0.29) is 5.91 Å². The molecule has 1 N–H and O–H groups in total. The molecule has 0 aliphatic heterocycles. The second-order valence-electron chi connectivity index (χ2n) is 8.11. The molecule has 0 spiro atoms. The van der Waals surface area contributed by atoms with Gasteiger partial charge in [-0.2, -0.15) is 0 Å². The molecular weight excluding hydrogens is 350 g/mol. The van der Waals surface area contributed by atoms with Gasteiger partial charge in [-0.3, -0.25) is 4.79 Å². The summed E-state index contributed by atoms with van der Waals surface area (Å²) in [4.78, 5) is 21.6. The van der Waals surface area contributed by atoms with E-state index in [0.717, 1.165) is 11.4 Å². The van der Waals surface area contributed by atoms with Crippen LogP contribution in [0.15, 0.2) is 42.5 Å². The summed E-state index contributed by atoms with van der Waals surface area (Å²) in [5, 5.41) is 10.2. The predicted octanol–water partition coefficient (Wildman–Crippen LogP) is 3.78. The first-order chi connectivity index (χ1) is 13.3. The maximum Gasteiger partial charge on any atom is 0.254 e. The fraction of sp³-hybridized carbons (Fsp3) is 0.478. The molecule has 1 saturated carbocycles. The third kappa shape index (κ3) is 4.71. The summed E-state index contributed by atoms with van der Waals surface area (Å²) in [7, 11) is 1.97. The zero-order chi connectivity index (χ0) is 20.3. The minimum Gasteiger partial charge on any atom is -0.384 e. The third-order valence-corrected chi connectivity index (χ3v) is 5.33. The summed E-state index contributed by atoms with van der Waals surface area (Å²) in [5.41, 5.74) is 1.70. The van der Waals surface area contributed by atoms with Gasteiger partial charge >= 0.3 is 0 Å². The first kappa shape index (κ1) is 20.3. The highest BCUT2D eigenvalue weighted by Gasteiger charge is 2.29. The van der Waals surface area contributed by atoms with E-state index >= 15 is 0 Å². The third-order valence-electron chi connectivity index (χ3n) is 5.33. The van der Waals surface area contributed by atoms with Gasteiger partial charge in [-0.25, -0.2) is 4.98 Å². The van der Waals surface area contributed by atoms with Crippen LogP contribution in [0, 0.1) is 0 Å². The van der Waals surface area contributed by atoms with Gasteiger partial charge in [-0.15, -0.1) is 0 Å². The van der Waals surface area contributed by atoms with Gasteiger partial charge < -0.3 is 14.9 Å². The van der Waals surface area contributed by atoms with Crippen molar-refractivity contribution in [2.75, 3.05) is 31.6 Å². The van der Waals surface area contributed by atoms with Crippen molar-refractivity contribution in [3.05, 3.63) is 59.3 Å². The van der Waals surface area contributed by atoms with Gasteiger partial charge in [-0.05, 0) is 63.3 Å². The lowest BCUT2D eigenvalue weighted by Gasteiger charge is -2.27. The minimum atomic E-state index is -0.977. The number of nitrogens with zero attached hydrogens (tertiary/aromatic N) is 3. The van der Waals surface area contributed by atoms with E-state index in [1.807, 2.05) is 60.2 Å². The molecule has 1 aliphatic rings. The summed E-state index contributed by atoms with van der Waals surface area (Å²) >= 11 is 0. The molecule has 1 aliphatic carbocycles. The minimum absolute atomic E-state index is 0.108. The lowest BCUT2D eigenvalue weighted by molar-refractivity contribution is 0.0739. The lowest BCUT2D eigenvalue weighted by atomic mass is 10.0. The molecule has 1 amide bonds. The van der Waals surface area contributed by atoms with E-state index in [1.54, 1.807) is 13.8 Å². The molecule has 0 radical (unpaired) electrons. The molecule has 0 bridgehead atoms. The van der Waals surface area contributed by atoms with Crippen LogP contribution < -0.4 is 4.90 Å². The smallest absolute Gasteiger partial charge is 0.254 e. The zero-order valence-electron chi connectivity index (χ0n) is 17.4. The van der Waals surface area contributed by atoms with Crippen molar-refractivity contribution in [3.63, 3.8) is 0 Å². The first-order valence-corrected chi connectivity index (χ1v) is 10.1. The number of carbonyl (C=O) groups is 1. The Morgan fingerprint density at radius 3 is 2.50 bits per heavy atom. The Labute approximate surface area is 168 Å². The van der Waals surface area contributed by atoms with Gasteiger partial charge in [0.2, 0.25) is 0 Å². The second kappa shape index (κ2) is 8.31. The van der Waals surface area contributed by atoms with Crippen molar-refractivity contribution in [2.45, 2.75) is 45.1 Å². The SMILES string of the molecule is CCN(CCN(C)c1cccc(C(C)(C)O)n1)C(=O)c1ccccc1C1CC1. The van der Waals surface area contributed by atoms with Crippen LogP contribution in [0.1, 0.15) is 61.1 Å². The maximum absolute atomic E-state index is 13.1. The molecule has 150 valence electrons. The number of benzene rings is 1. The molecule has 0 unspecified atom stereocenters. The molecule has 1 aromatic carbocycles. The molecule has 0 saturated heterocycles. The number of carbonyl (C=O) groups excluding carboxylic acids is 1. The quantitative estimate of drug-likeness (QED) is 0.756. The summed E-state index contributed by atoms with van der Waals surface area (Å²) in [6, 6.07) is 13.7. The largest absolute Gasteiger partial charge is 0.384 e. The lowest BCUT2D eigenvalue weighted by Crippen LogP contribution is -2.38. The van der Waals surface area contributed by atoms with Crippen LogP contribution in [0.25, 0.3) is 0 Å². The molecule has 0 atom stereocenters. The van der Waals surface area contributed by atoms with E-state index in [2.05, 4.69) is 11.1 Å². The Kier molecular flexibility index (Phi) is 6.04. The number of amides is 1. The van der Waals surface area contributed by atoms with Crippen LogP contribution in [0.4, 0.5) is 5.82 Å². The van der Waals surface area contributed by atoms with Gasteiger partial charge in [0, 0.05) is 32.2 Å². The zero-order valence-corrected chi connectivity index (χ0v) is 17.4. The van der Waals surface area contributed by atoms with Crippen molar-refractivity contribution in [1.29, 1.82) is 0 Å². The van der Waals surface area contributed by atoms with Crippen LogP contribution in [-0.4, -0.2) is 47.6 Å².